The smallest absolute Gasteiger partial charge is 0.224 e. The van der Waals surface area contributed by atoms with Crippen molar-refractivity contribution in [1.29, 1.82) is 0 Å². The molecule has 0 atom stereocenters. The molecule has 0 radical (unpaired) electrons. The zero-order valence-corrected chi connectivity index (χ0v) is 9.68. The molecule has 0 heterocycles. The van der Waals surface area contributed by atoms with Gasteiger partial charge in [-0.15, -0.1) is 11.6 Å². The lowest BCUT2D eigenvalue weighted by Crippen LogP contribution is -2.12. The number of halogens is 1. The summed E-state index contributed by atoms with van der Waals surface area (Å²) in [5, 5.41) is 2.87. The molecule has 3 heteroatoms. The molecule has 2 nitrogen and oxygen atoms in total. The number of rotatable bonds is 5. The van der Waals surface area contributed by atoms with Crippen molar-refractivity contribution in [2.24, 2.45) is 0 Å². The molecule has 15 heavy (non-hydrogen) atoms. The highest BCUT2D eigenvalue weighted by Gasteiger charge is 2.04. The van der Waals surface area contributed by atoms with Crippen LogP contribution in [0.25, 0.3) is 0 Å². The Labute approximate surface area is 95.6 Å². The average molecular weight is 226 g/mol. The molecule has 0 bridgehead atoms. The van der Waals surface area contributed by atoms with Gasteiger partial charge in [0.2, 0.25) is 5.91 Å². The summed E-state index contributed by atoms with van der Waals surface area (Å²) < 4.78 is 0. The number of hydrogen-bond acceptors (Lipinski definition) is 1. The number of benzene rings is 1. The fraction of sp³-hybridized carbons (Fsp3) is 0.417. The van der Waals surface area contributed by atoms with E-state index in [1.807, 2.05) is 24.3 Å². The Morgan fingerprint density at radius 1 is 1.40 bits per heavy atom. The molecule has 82 valence electrons. The van der Waals surface area contributed by atoms with E-state index in [1.165, 1.54) is 0 Å². The Morgan fingerprint density at radius 2 is 2.13 bits per heavy atom. The highest BCUT2D eigenvalue weighted by atomic mass is 35.5. The van der Waals surface area contributed by atoms with Crippen molar-refractivity contribution in [3.63, 3.8) is 0 Å². The van der Waals surface area contributed by atoms with Crippen LogP contribution in [0.1, 0.15) is 31.7 Å². The molecule has 1 rings (SSSR count). The third-order valence-corrected chi connectivity index (χ3v) is 2.48. The van der Waals surface area contributed by atoms with Gasteiger partial charge < -0.3 is 5.32 Å². The van der Waals surface area contributed by atoms with Crippen LogP contribution in [0, 0.1) is 0 Å². The van der Waals surface area contributed by atoms with E-state index in [-0.39, 0.29) is 5.91 Å². The molecule has 0 aliphatic rings. The number of carbonyl (C=O) groups is 1. The Bertz CT molecular complexity index is 325. The van der Waals surface area contributed by atoms with Gasteiger partial charge in [0, 0.05) is 18.0 Å². The van der Waals surface area contributed by atoms with Gasteiger partial charge in [0.25, 0.3) is 0 Å². The zero-order chi connectivity index (χ0) is 11.1. The zero-order valence-electron chi connectivity index (χ0n) is 8.92. The van der Waals surface area contributed by atoms with E-state index in [4.69, 9.17) is 11.6 Å². The molecule has 0 aromatic heterocycles. The van der Waals surface area contributed by atoms with Crippen molar-refractivity contribution in [2.75, 3.05) is 5.32 Å². The van der Waals surface area contributed by atoms with Crippen LogP contribution >= 0.6 is 11.6 Å². The Hall–Kier alpha value is -1.02. The largest absolute Gasteiger partial charge is 0.326 e. The van der Waals surface area contributed by atoms with Gasteiger partial charge in [-0.25, -0.2) is 0 Å². The molecule has 1 aromatic carbocycles. The quantitative estimate of drug-likeness (QED) is 0.763. The highest BCUT2D eigenvalue weighted by Crippen LogP contribution is 2.17. The van der Waals surface area contributed by atoms with Gasteiger partial charge in [-0.3, -0.25) is 4.79 Å². The van der Waals surface area contributed by atoms with Gasteiger partial charge in [0.05, 0.1) is 0 Å². The maximum absolute atomic E-state index is 11.5. The number of carbonyl (C=O) groups excluding carboxylic acids is 1. The van der Waals surface area contributed by atoms with Crippen LogP contribution in [0.2, 0.25) is 0 Å². The van der Waals surface area contributed by atoms with Crippen LogP contribution in [0.5, 0.6) is 0 Å². The predicted molar refractivity (Wildman–Crippen MR) is 64.2 cm³/mol. The van der Waals surface area contributed by atoms with E-state index in [2.05, 4.69) is 12.2 Å². The Morgan fingerprint density at radius 3 is 2.80 bits per heavy atom. The number of anilines is 1. The molecule has 0 unspecified atom stereocenters. The average Bonchev–Trinajstić information content (AvgIpc) is 2.27. The van der Waals surface area contributed by atoms with Gasteiger partial charge in [0.15, 0.2) is 0 Å². The van der Waals surface area contributed by atoms with Crippen LogP contribution in [0.15, 0.2) is 24.3 Å². The van der Waals surface area contributed by atoms with Gasteiger partial charge in [-0.1, -0.05) is 31.5 Å². The topological polar surface area (TPSA) is 29.1 Å². The van der Waals surface area contributed by atoms with Crippen LogP contribution in [-0.2, 0) is 10.7 Å². The standard InChI is InChI=1S/C12H16ClNO/c1-2-3-8-12(15)14-11-7-5-4-6-10(11)9-13/h4-7H,2-3,8-9H2,1H3,(H,14,15). The maximum Gasteiger partial charge on any atom is 0.224 e. The summed E-state index contributed by atoms with van der Waals surface area (Å²) in [6.07, 6.45) is 2.53. The summed E-state index contributed by atoms with van der Waals surface area (Å²) in [4.78, 5) is 11.5. The van der Waals surface area contributed by atoms with Gasteiger partial charge >= 0.3 is 0 Å². The molecule has 0 spiro atoms. The van der Waals surface area contributed by atoms with E-state index in [1.54, 1.807) is 0 Å². The van der Waals surface area contributed by atoms with E-state index < -0.39 is 0 Å². The second-order valence-electron chi connectivity index (χ2n) is 3.44. The fourth-order valence-corrected chi connectivity index (χ4v) is 1.54. The van der Waals surface area contributed by atoms with E-state index in [0.29, 0.717) is 12.3 Å². The van der Waals surface area contributed by atoms with Crippen molar-refractivity contribution in [2.45, 2.75) is 32.1 Å². The summed E-state index contributed by atoms with van der Waals surface area (Å²) in [5.41, 5.74) is 1.79. The summed E-state index contributed by atoms with van der Waals surface area (Å²) >= 11 is 5.77. The highest BCUT2D eigenvalue weighted by molar-refractivity contribution is 6.17. The van der Waals surface area contributed by atoms with Crippen molar-refractivity contribution in [3.8, 4) is 0 Å². The van der Waals surface area contributed by atoms with Gasteiger partial charge in [-0.05, 0) is 18.1 Å². The first-order chi connectivity index (χ1) is 7.27. The Balaban J connectivity index is 2.59. The number of alkyl halides is 1. The number of amides is 1. The molecule has 0 fully saturated rings. The van der Waals surface area contributed by atoms with Crippen LogP contribution < -0.4 is 5.32 Å². The van der Waals surface area contributed by atoms with E-state index in [9.17, 15) is 4.79 Å². The van der Waals surface area contributed by atoms with Crippen molar-refractivity contribution in [1.82, 2.24) is 0 Å². The molecule has 1 N–H and O–H groups in total. The van der Waals surface area contributed by atoms with Gasteiger partial charge in [-0.2, -0.15) is 0 Å². The summed E-state index contributed by atoms with van der Waals surface area (Å²) in [6.45, 7) is 2.07. The molecular weight excluding hydrogens is 210 g/mol. The maximum atomic E-state index is 11.5. The Kier molecular flexibility index (Phi) is 5.19. The van der Waals surface area contributed by atoms with Crippen LogP contribution in [-0.4, -0.2) is 5.91 Å². The summed E-state index contributed by atoms with van der Waals surface area (Å²) in [7, 11) is 0. The normalized spacial score (nSPS) is 10.0. The minimum Gasteiger partial charge on any atom is -0.326 e. The number of para-hydroxylation sites is 1. The number of hydrogen-bond donors (Lipinski definition) is 1. The van der Waals surface area contributed by atoms with E-state index >= 15 is 0 Å². The third kappa shape index (κ3) is 3.92. The number of nitrogens with one attached hydrogen (secondary N) is 1. The van der Waals surface area contributed by atoms with Gasteiger partial charge in [0.1, 0.15) is 0 Å². The second kappa shape index (κ2) is 6.46. The second-order valence-corrected chi connectivity index (χ2v) is 3.71. The molecule has 1 aromatic rings. The monoisotopic (exact) mass is 225 g/mol. The molecule has 0 saturated carbocycles. The third-order valence-electron chi connectivity index (χ3n) is 2.19. The summed E-state index contributed by atoms with van der Waals surface area (Å²) in [6, 6.07) is 7.61. The molecule has 0 saturated heterocycles. The molecule has 0 aliphatic carbocycles. The lowest BCUT2D eigenvalue weighted by molar-refractivity contribution is -0.116. The first kappa shape index (κ1) is 12.1. The lowest BCUT2D eigenvalue weighted by Gasteiger charge is -2.08. The van der Waals surface area contributed by atoms with Crippen molar-refractivity contribution >= 4 is 23.2 Å². The predicted octanol–water partition coefficient (Wildman–Crippen LogP) is 3.55. The van der Waals surface area contributed by atoms with E-state index in [0.717, 1.165) is 24.1 Å². The molecule has 1 amide bonds. The number of unbranched alkanes of at least 4 members (excludes halogenated alkanes) is 1. The lowest BCUT2D eigenvalue weighted by atomic mass is 10.2. The van der Waals surface area contributed by atoms with Crippen molar-refractivity contribution in [3.05, 3.63) is 29.8 Å². The minimum absolute atomic E-state index is 0.0643. The minimum atomic E-state index is 0.0643. The van der Waals surface area contributed by atoms with Crippen LogP contribution in [0.4, 0.5) is 5.69 Å². The fourth-order valence-electron chi connectivity index (χ4n) is 1.31. The first-order valence-corrected chi connectivity index (χ1v) is 5.75. The summed E-state index contributed by atoms with van der Waals surface area (Å²) in [5.74, 6) is 0.485. The molecule has 0 aliphatic heterocycles. The molecular formula is C12H16ClNO. The first-order valence-electron chi connectivity index (χ1n) is 5.21. The SMILES string of the molecule is CCCCC(=O)Nc1ccccc1CCl. The van der Waals surface area contributed by atoms with Crippen LogP contribution in [0.3, 0.4) is 0 Å². The van der Waals surface area contributed by atoms with Crippen molar-refractivity contribution < 1.29 is 4.79 Å².